The van der Waals surface area contributed by atoms with Crippen LogP contribution in [0.25, 0.3) is 0 Å². The molecule has 102 valence electrons. The molecule has 0 spiro atoms. The minimum atomic E-state index is -1.31. The first kappa shape index (κ1) is 14.8. The van der Waals surface area contributed by atoms with Crippen LogP contribution in [0.3, 0.4) is 0 Å². The third kappa shape index (κ3) is 3.87. The second kappa shape index (κ2) is 6.08. The zero-order valence-corrected chi connectivity index (χ0v) is 10.2. The molecular formula is C13H13F2NO3. The van der Waals surface area contributed by atoms with Crippen LogP contribution in [0.4, 0.5) is 8.78 Å². The smallest absolute Gasteiger partial charge is 0.326 e. The summed E-state index contributed by atoms with van der Waals surface area (Å²) in [4.78, 5) is 22.6. The van der Waals surface area contributed by atoms with E-state index in [1.54, 1.807) is 6.92 Å². The lowest BCUT2D eigenvalue weighted by molar-refractivity contribution is -0.139. The molecular weight excluding hydrogens is 256 g/mol. The van der Waals surface area contributed by atoms with E-state index in [0.717, 1.165) is 12.1 Å². The summed E-state index contributed by atoms with van der Waals surface area (Å²) >= 11 is 0. The van der Waals surface area contributed by atoms with Gasteiger partial charge in [-0.25, -0.2) is 13.6 Å². The largest absolute Gasteiger partial charge is 0.480 e. The monoisotopic (exact) mass is 269 g/mol. The molecule has 0 aliphatic heterocycles. The van der Waals surface area contributed by atoms with Gasteiger partial charge in [-0.1, -0.05) is 11.6 Å². The molecule has 19 heavy (non-hydrogen) atoms. The maximum atomic E-state index is 13.4. The van der Waals surface area contributed by atoms with Gasteiger partial charge < -0.3 is 10.4 Å². The Kier molecular flexibility index (Phi) is 4.74. The van der Waals surface area contributed by atoms with Crippen LogP contribution in [0.5, 0.6) is 0 Å². The number of hydrogen-bond acceptors (Lipinski definition) is 2. The number of benzene rings is 1. The molecule has 1 rings (SSSR count). The zero-order chi connectivity index (χ0) is 14.6. The SMILES string of the molecule is C=C(C)C[C@@H](NC(=O)c1cccc(F)c1F)C(=O)O. The van der Waals surface area contributed by atoms with Gasteiger partial charge in [-0.3, -0.25) is 4.79 Å². The number of amides is 1. The number of aliphatic carboxylic acids is 1. The van der Waals surface area contributed by atoms with Crippen molar-refractivity contribution in [1.29, 1.82) is 0 Å². The van der Waals surface area contributed by atoms with Crippen molar-refractivity contribution in [3.63, 3.8) is 0 Å². The van der Waals surface area contributed by atoms with Crippen LogP contribution in [0, 0.1) is 11.6 Å². The summed E-state index contributed by atoms with van der Waals surface area (Å²) in [5.74, 6) is -4.72. The van der Waals surface area contributed by atoms with Crippen molar-refractivity contribution in [2.45, 2.75) is 19.4 Å². The fourth-order valence-corrected chi connectivity index (χ4v) is 1.46. The van der Waals surface area contributed by atoms with E-state index in [0.29, 0.717) is 5.57 Å². The number of carboxylic acid groups (broad SMARTS) is 1. The maximum Gasteiger partial charge on any atom is 0.326 e. The number of nitrogens with one attached hydrogen (secondary N) is 1. The number of halogens is 2. The Morgan fingerprint density at radius 3 is 2.58 bits per heavy atom. The molecule has 0 heterocycles. The van der Waals surface area contributed by atoms with Crippen LogP contribution in [0.15, 0.2) is 30.4 Å². The van der Waals surface area contributed by atoms with E-state index in [9.17, 15) is 18.4 Å². The number of hydrogen-bond donors (Lipinski definition) is 2. The fraction of sp³-hybridized carbons (Fsp3) is 0.231. The van der Waals surface area contributed by atoms with E-state index in [1.807, 2.05) is 0 Å². The Labute approximate surface area is 108 Å². The first-order valence-electron chi connectivity index (χ1n) is 5.45. The Hall–Kier alpha value is -2.24. The second-order valence-electron chi connectivity index (χ2n) is 4.13. The summed E-state index contributed by atoms with van der Waals surface area (Å²) < 4.78 is 26.3. The molecule has 0 aliphatic rings. The highest BCUT2D eigenvalue weighted by molar-refractivity contribution is 5.96. The normalized spacial score (nSPS) is 11.7. The lowest BCUT2D eigenvalue weighted by Crippen LogP contribution is -2.41. The number of carbonyl (C=O) groups is 2. The summed E-state index contributed by atoms with van der Waals surface area (Å²) in [5.41, 5.74) is 0.0142. The van der Waals surface area contributed by atoms with Gasteiger partial charge in [0.25, 0.3) is 5.91 Å². The van der Waals surface area contributed by atoms with Crippen molar-refractivity contribution in [2.75, 3.05) is 0 Å². The van der Waals surface area contributed by atoms with E-state index in [2.05, 4.69) is 11.9 Å². The van der Waals surface area contributed by atoms with Crippen molar-refractivity contribution >= 4 is 11.9 Å². The quantitative estimate of drug-likeness (QED) is 0.804. The van der Waals surface area contributed by atoms with Crippen molar-refractivity contribution in [2.24, 2.45) is 0 Å². The van der Waals surface area contributed by atoms with Crippen LogP contribution >= 0.6 is 0 Å². The van der Waals surface area contributed by atoms with E-state index < -0.39 is 35.1 Å². The Balaban J connectivity index is 2.91. The Morgan fingerprint density at radius 2 is 2.05 bits per heavy atom. The van der Waals surface area contributed by atoms with Crippen LogP contribution in [-0.4, -0.2) is 23.0 Å². The summed E-state index contributed by atoms with van der Waals surface area (Å²) in [6.07, 6.45) is 0.0119. The minimum Gasteiger partial charge on any atom is -0.480 e. The predicted molar refractivity (Wildman–Crippen MR) is 64.7 cm³/mol. The van der Waals surface area contributed by atoms with E-state index in [4.69, 9.17) is 5.11 Å². The summed E-state index contributed by atoms with van der Waals surface area (Å²) in [7, 11) is 0. The van der Waals surface area contributed by atoms with Crippen LogP contribution in [0.1, 0.15) is 23.7 Å². The van der Waals surface area contributed by atoms with Gasteiger partial charge in [0.2, 0.25) is 0 Å². The third-order valence-electron chi connectivity index (χ3n) is 2.35. The topological polar surface area (TPSA) is 66.4 Å². The molecule has 1 aromatic carbocycles. The molecule has 0 fully saturated rings. The van der Waals surface area contributed by atoms with Crippen molar-refractivity contribution < 1.29 is 23.5 Å². The average Bonchev–Trinajstić information content (AvgIpc) is 2.31. The van der Waals surface area contributed by atoms with E-state index in [-0.39, 0.29) is 6.42 Å². The molecule has 0 saturated heterocycles. The van der Waals surface area contributed by atoms with Crippen LogP contribution < -0.4 is 5.32 Å². The minimum absolute atomic E-state index is 0.0119. The molecule has 2 N–H and O–H groups in total. The van der Waals surface area contributed by atoms with Crippen molar-refractivity contribution in [1.82, 2.24) is 5.32 Å². The fourth-order valence-electron chi connectivity index (χ4n) is 1.46. The van der Waals surface area contributed by atoms with Gasteiger partial charge in [-0.15, -0.1) is 6.58 Å². The predicted octanol–water partition coefficient (Wildman–Crippen LogP) is 2.11. The third-order valence-corrected chi connectivity index (χ3v) is 2.35. The number of carboxylic acids is 1. The number of rotatable bonds is 5. The molecule has 1 aromatic rings. The Bertz CT molecular complexity index is 529. The highest BCUT2D eigenvalue weighted by Gasteiger charge is 2.23. The van der Waals surface area contributed by atoms with Gasteiger partial charge in [0.1, 0.15) is 6.04 Å². The summed E-state index contributed by atoms with van der Waals surface area (Å²) in [6.45, 7) is 5.14. The number of carbonyl (C=O) groups excluding carboxylic acids is 1. The standard InChI is InChI=1S/C13H13F2NO3/c1-7(2)6-10(13(18)19)16-12(17)8-4-3-5-9(14)11(8)15/h3-5,10H,1,6H2,2H3,(H,16,17)(H,18,19)/t10-/m1/s1. The molecule has 6 heteroatoms. The van der Waals surface area contributed by atoms with Crippen molar-refractivity contribution in [3.05, 3.63) is 47.5 Å². The molecule has 0 radical (unpaired) electrons. The molecule has 0 bridgehead atoms. The molecule has 0 aliphatic carbocycles. The molecule has 1 amide bonds. The van der Waals surface area contributed by atoms with E-state index in [1.165, 1.54) is 6.07 Å². The van der Waals surface area contributed by atoms with Gasteiger partial charge in [-0.2, -0.15) is 0 Å². The van der Waals surface area contributed by atoms with Gasteiger partial charge >= 0.3 is 5.97 Å². The van der Waals surface area contributed by atoms with Crippen LogP contribution in [0.2, 0.25) is 0 Å². The summed E-state index contributed by atoms with van der Waals surface area (Å²) in [6, 6.07) is 1.89. The molecule has 4 nitrogen and oxygen atoms in total. The van der Waals surface area contributed by atoms with Gasteiger partial charge in [0, 0.05) is 0 Å². The van der Waals surface area contributed by atoms with Gasteiger partial charge in [-0.05, 0) is 25.5 Å². The van der Waals surface area contributed by atoms with Crippen molar-refractivity contribution in [3.8, 4) is 0 Å². The molecule has 0 saturated carbocycles. The van der Waals surface area contributed by atoms with Crippen LogP contribution in [-0.2, 0) is 4.79 Å². The molecule has 1 atom stereocenters. The highest BCUT2D eigenvalue weighted by Crippen LogP contribution is 2.12. The first-order chi connectivity index (χ1) is 8.82. The average molecular weight is 269 g/mol. The summed E-state index contributed by atoms with van der Waals surface area (Å²) in [5, 5.41) is 11.0. The first-order valence-corrected chi connectivity index (χ1v) is 5.45. The lowest BCUT2D eigenvalue weighted by atomic mass is 10.1. The second-order valence-corrected chi connectivity index (χ2v) is 4.13. The Morgan fingerprint density at radius 1 is 1.42 bits per heavy atom. The van der Waals surface area contributed by atoms with E-state index >= 15 is 0 Å². The van der Waals surface area contributed by atoms with Gasteiger partial charge in [0.05, 0.1) is 5.56 Å². The lowest BCUT2D eigenvalue weighted by Gasteiger charge is -2.14. The molecule has 0 unspecified atom stereocenters. The zero-order valence-electron chi connectivity index (χ0n) is 10.2. The molecule has 0 aromatic heterocycles. The highest BCUT2D eigenvalue weighted by atomic mass is 19.2. The van der Waals surface area contributed by atoms with Gasteiger partial charge in [0.15, 0.2) is 11.6 Å². The maximum absolute atomic E-state index is 13.4.